The number of carbonyl (C=O) groups excluding carboxylic acids is 2. The predicted molar refractivity (Wildman–Crippen MR) is 166 cm³/mol. The second kappa shape index (κ2) is 9.92. The Hall–Kier alpha value is -3.74. The molecule has 2 aliphatic heterocycles. The van der Waals surface area contributed by atoms with Gasteiger partial charge in [0.25, 0.3) is 0 Å². The van der Waals surface area contributed by atoms with Gasteiger partial charge < -0.3 is 25.3 Å². The smallest absolute Gasteiger partial charge is 0.248 e. The van der Waals surface area contributed by atoms with Gasteiger partial charge in [-0.1, -0.05) is 31.9 Å². The molecule has 7 heteroatoms. The third kappa shape index (κ3) is 4.15. The van der Waals surface area contributed by atoms with Crippen molar-refractivity contribution in [3.05, 3.63) is 65.4 Å². The molecule has 7 rings (SSSR count). The van der Waals surface area contributed by atoms with E-state index >= 15 is 0 Å². The number of rotatable bonds is 5. The van der Waals surface area contributed by atoms with E-state index in [1.165, 1.54) is 47.0 Å². The lowest BCUT2D eigenvalue weighted by atomic mass is 9.81. The summed E-state index contributed by atoms with van der Waals surface area (Å²) in [4.78, 5) is 28.9. The Bertz CT molecular complexity index is 1620. The predicted octanol–water partition coefficient (Wildman–Crippen LogP) is 6.06. The summed E-state index contributed by atoms with van der Waals surface area (Å²) in [6.07, 6.45) is 8.49. The molecule has 220 valence electrons. The average Bonchev–Trinajstić information content (AvgIpc) is 3.66. The molecule has 0 spiro atoms. The molecule has 0 bridgehead atoms. The Morgan fingerprint density at radius 1 is 1.12 bits per heavy atom. The number of piperidine rings is 1. The molecule has 4 aliphatic rings. The van der Waals surface area contributed by atoms with Gasteiger partial charge >= 0.3 is 0 Å². The SMILES string of the molecule is C=C1CC(NC(=O)C23CC2c2cc(OC)ccc2-c2c(C4CCCCC4)c4ccc(C(N)=O)cc4n2C3)CC(C)N1C. The van der Waals surface area contributed by atoms with E-state index in [4.69, 9.17) is 10.5 Å². The number of hydrogen-bond donors (Lipinski definition) is 2. The highest BCUT2D eigenvalue weighted by Gasteiger charge is 2.63. The van der Waals surface area contributed by atoms with Crippen LogP contribution in [-0.2, 0) is 11.3 Å². The van der Waals surface area contributed by atoms with Crippen LogP contribution in [0.5, 0.6) is 5.75 Å². The molecular formula is C35H42N4O3. The van der Waals surface area contributed by atoms with Crippen LogP contribution in [0.15, 0.2) is 48.7 Å². The van der Waals surface area contributed by atoms with Gasteiger partial charge in [-0.2, -0.15) is 0 Å². The minimum Gasteiger partial charge on any atom is -0.497 e. The standard InChI is InChI=1S/C35H42N4O3/c1-20-14-24(15-21(2)38(20)3)37-34(41)35-18-29(35)28-17-25(42-4)11-13-26(28)32-31(22-8-6-5-7-9-22)27-12-10-23(33(36)40)16-30(27)39(32)19-35/h10-13,16-17,21-22,24,29H,1,5-9,14-15,18-19H2,2-4H3,(H2,36,40)(H,37,41). The summed E-state index contributed by atoms with van der Waals surface area (Å²) in [5.74, 6) is 1.05. The van der Waals surface area contributed by atoms with Crippen molar-refractivity contribution in [2.45, 2.75) is 88.8 Å². The van der Waals surface area contributed by atoms with Crippen LogP contribution in [0.1, 0.15) is 91.6 Å². The molecule has 3 fully saturated rings. The number of methoxy groups -OCH3 is 1. The largest absolute Gasteiger partial charge is 0.497 e. The highest BCUT2D eigenvalue weighted by atomic mass is 16.5. The van der Waals surface area contributed by atoms with Crippen LogP contribution < -0.4 is 15.8 Å². The topological polar surface area (TPSA) is 89.6 Å². The van der Waals surface area contributed by atoms with Gasteiger partial charge in [0.05, 0.1) is 18.2 Å². The first-order valence-corrected chi connectivity index (χ1v) is 15.6. The van der Waals surface area contributed by atoms with Gasteiger partial charge in [-0.05, 0) is 80.0 Å². The second-order valence-corrected chi connectivity index (χ2v) is 13.3. The fourth-order valence-electron chi connectivity index (χ4n) is 8.29. The normalized spacial score (nSPS) is 27.1. The van der Waals surface area contributed by atoms with Crippen molar-refractivity contribution < 1.29 is 14.3 Å². The molecular weight excluding hydrogens is 524 g/mol. The maximum Gasteiger partial charge on any atom is 0.248 e. The number of primary amides is 1. The van der Waals surface area contributed by atoms with E-state index in [1.807, 2.05) is 18.2 Å². The molecule has 1 saturated heterocycles. The summed E-state index contributed by atoms with van der Waals surface area (Å²) in [6, 6.07) is 12.7. The van der Waals surface area contributed by atoms with E-state index < -0.39 is 11.3 Å². The Kier molecular flexibility index (Phi) is 6.41. The van der Waals surface area contributed by atoms with E-state index in [2.05, 4.69) is 53.5 Å². The zero-order chi connectivity index (χ0) is 29.3. The van der Waals surface area contributed by atoms with Crippen LogP contribution in [0.2, 0.25) is 0 Å². The molecule has 42 heavy (non-hydrogen) atoms. The van der Waals surface area contributed by atoms with Gasteiger partial charge in [-0.15, -0.1) is 0 Å². The summed E-state index contributed by atoms with van der Waals surface area (Å²) in [7, 11) is 3.79. The number of aromatic nitrogens is 1. The van der Waals surface area contributed by atoms with Gasteiger partial charge in [-0.3, -0.25) is 9.59 Å². The number of likely N-dealkylation sites (tertiary alicyclic amines) is 1. The number of nitrogens with zero attached hydrogens (tertiary/aromatic N) is 2. The van der Waals surface area contributed by atoms with Crippen molar-refractivity contribution in [3.8, 4) is 17.0 Å². The van der Waals surface area contributed by atoms with Crippen LogP contribution in [0.25, 0.3) is 22.2 Å². The Morgan fingerprint density at radius 3 is 2.62 bits per heavy atom. The number of nitrogens with one attached hydrogen (secondary N) is 1. The first-order valence-electron chi connectivity index (χ1n) is 15.6. The quantitative estimate of drug-likeness (QED) is 0.393. The molecule has 3 aromatic rings. The first-order chi connectivity index (χ1) is 20.2. The van der Waals surface area contributed by atoms with E-state index in [-0.39, 0.29) is 17.9 Å². The summed E-state index contributed by atoms with van der Waals surface area (Å²) >= 11 is 0. The van der Waals surface area contributed by atoms with Gasteiger partial charge in [0.2, 0.25) is 11.8 Å². The van der Waals surface area contributed by atoms with Crippen LogP contribution in [0.3, 0.4) is 0 Å². The maximum atomic E-state index is 14.4. The van der Waals surface area contributed by atoms with Gasteiger partial charge in [0.15, 0.2) is 0 Å². The van der Waals surface area contributed by atoms with Gasteiger partial charge in [0, 0.05) is 65.7 Å². The lowest BCUT2D eigenvalue weighted by Gasteiger charge is -2.39. The number of benzene rings is 2. The van der Waals surface area contributed by atoms with Crippen LogP contribution in [-0.4, -0.2) is 47.5 Å². The summed E-state index contributed by atoms with van der Waals surface area (Å²) in [5.41, 5.74) is 12.7. The zero-order valence-corrected chi connectivity index (χ0v) is 25.0. The third-order valence-corrected chi connectivity index (χ3v) is 10.9. The lowest BCUT2D eigenvalue weighted by Crippen LogP contribution is -2.48. The minimum atomic E-state index is -0.571. The summed E-state index contributed by atoms with van der Waals surface area (Å²) < 4.78 is 8.06. The van der Waals surface area contributed by atoms with Crippen LogP contribution >= 0.6 is 0 Å². The second-order valence-electron chi connectivity index (χ2n) is 13.3. The molecule has 2 saturated carbocycles. The van der Waals surface area contributed by atoms with Crippen molar-refractivity contribution >= 4 is 22.7 Å². The summed E-state index contributed by atoms with van der Waals surface area (Å²) in [6.45, 7) is 7.03. The third-order valence-electron chi connectivity index (χ3n) is 10.9. The molecule has 1 aromatic heterocycles. The van der Waals surface area contributed by atoms with Crippen molar-refractivity contribution in [2.24, 2.45) is 11.1 Å². The Balaban J connectivity index is 1.39. The van der Waals surface area contributed by atoms with Crippen molar-refractivity contribution in [1.82, 2.24) is 14.8 Å². The highest BCUT2D eigenvalue weighted by molar-refractivity contribution is 6.01. The molecule has 4 unspecified atom stereocenters. The fourth-order valence-corrected chi connectivity index (χ4v) is 8.29. The number of hydrogen-bond acceptors (Lipinski definition) is 4. The maximum absolute atomic E-state index is 14.4. The lowest BCUT2D eigenvalue weighted by molar-refractivity contribution is -0.128. The molecule has 2 amide bonds. The number of nitrogens with two attached hydrogens (primary N) is 1. The van der Waals surface area contributed by atoms with Crippen LogP contribution in [0, 0.1) is 5.41 Å². The van der Waals surface area contributed by atoms with E-state index in [1.54, 1.807) is 7.11 Å². The highest BCUT2D eigenvalue weighted by Crippen LogP contribution is 2.65. The van der Waals surface area contributed by atoms with Gasteiger partial charge in [0.1, 0.15) is 5.75 Å². The van der Waals surface area contributed by atoms with E-state index in [9.17, 15) is 9.59 Å². The molecule has 3 heterocycles. The molecule has 4 atom stereocenters. The molecule has 2 aliphatic carbocycles. The van der Waals surface area contributed by atoms with Crippen molar-refractivity contribution in [2.75, 3.05) is 14.2 Å². The zero-order valence-electron chi connectivity index (χ0n) is 25.0. The molecule has 2 aromatic carbocycles. The Morgan fingerprint density at radius 2 is 1.90 bits per heavy atom. The fraction of sp³-hybridized carbons (Fsp3) is 0.486. The molecule has 3 N–H and O–H groups in total. The number of fused-ring (bicyclic) bond motifs is 7. The number of ether oxygens (including phenoxy) is 1. The number of amides is 2. The van der Waals surface area contributed by atoms with Crippen molar-refractivity contribution in [1.29, 1.82) is 0 Å². The van der Waals surface area contributed by atoms with Gasteiger partial charge in [-0.25, -0.2) is 0 Å². The van der Waals surface area contributed by atoms with Crippen molar-refractivity contribution in [3.63, 3.8) is 0 Å². The Labute approximate surface area is 248 Å². The van der Waals surface area contributed by atoms with E-state index in [0.717, 1.165) is 49.1 Å². The van der Waals surface area contributed by atoms with Crippen LogP contribution in [0.4, 0.5) is 0 Å². The van der Waals surface area contributed by atoms with E-state index in [0.29, 0.717) is 24.1 Å². The minimum absolute atomic E-state index is 0.0694. The average molecular weight is 567 g/mol. The first kappa shape index (κ1) is 27.1. The number of carbonyl (C=O) groups is 2. The molecule has 0 radical (unpaired) electrons. The monoisotopic (exact) mass is 566 g/mol. The molecule has 7 nitrogen and oxygen atoms in total. The summed E-state index contributed by atoms with van der Waals surface area (Å²) in [5, 5.41) is 4.65.